The SMILES string of the molecule is COc1cccc(C(O)CSC[C@H](N)C(=O)O)c1. The van der Waals surface area contributed by atoms with E-state index in [0.717, 1.165) is 5.56 Å². The Kier molecular flexibility index (Phi) is 5.97. The average Bonchev–Trinajstić information content (AvgIpc) is 2.38. The largest absolute Gasteiger partial charge is 0.497 e. The molecule has 100 valence electrons. The van der Waals surface area contributed by atoms with E-state index < -0.39 is 18.1 Å². The van der Waals surface area contributed by atoms with E-state index in [1.165, 1.54) is 11.8 Å². The molecule has 0 amide bonds. The summed E-state index contributed by atoms with van der Waals surface area (Å²) < 4.78 is 5.06. The third-order valence-corrected chi connectivity index (χ3v) is 3.52. The molecule has 4 N–H and O–H groups in total. The number of carbonyl (C=O) groups is 1. The molecular formula is C12H17NO4S. The third-order valence-electron chi connectivity index (χ3n) is 2.37. The van der Waals surface area contributed by atoms with Crippen LogP contribution in [0.2, 0.25) is 0 Å². The topological polar surface area (TPSA) is 92.8 Å². The average molecular weight is 271 g/mol. The summed E-state index contributed by atoms with van der Waals surface area (Å²) in [5.74, 6) is 0.321. The number of benzene rings is 1. The number of carboxylic acid groups (broad SMARTS) is 1. The number of rotatable bonds is 7. The Morgan fingerprint density at radius 2 is 2.22 bits per heavy atom. The summed E-state index contributed by atoms with van der Waals surface area (Å²) >= 11 is 1.31. The van der Waals surface area contributed by atoms with E-state index in [0.29, 0.717) is 11.5 Å². The van der Waals surface area contributed by atoms with Gasteiger partial charge in [-0.15, -0.1) is 0 Å². The molecule has 0 heterocycles. The van der Waals surface area contributed by atoms with Crippen molar-refractivity contribution in [1.29, 1.82) is 0 Å². The molecule has 0 saturated heterocycles. The molecule has 0 spiro atoms. The summed E-state index contributed by atoms with van der Waals surface area (Å²) in [6.45, 7) is 0. The Hall–Kier alpha value is -1.24. The molecule has 0 bridgehead atoms. The summed E-state index contributed by atoms with van der Waals surface area (Å²) in [5.41, 5.74) is 6.11. The maximum absolute atomic E-state index is 10.5. The summed E-state index contributed by atoms with van der Waals surface area (Å²) in [6, 6.07) is 6.25. The Morgan fingerprint density at radius 1 is 1.50 bits per heavy atom. The van der Waals surface area contributed by atoms with Gasteiger partial charge in [0.2, 0.25) is 0 Å². The standard InChI is InChI=1S/C12H17NO4S/c1-17-9-4-2-3-8(5-9)11(14)7-18-6-10(13)12(15)16/h2-5,10-11,14H,6-7,13H2,1H3,(H,15,16)/t10-,11?/m0/s1. The highest BCUT2D eigenvalue weighted by atomic mass is 32.2. The van der Waals surface area contributed by atoms with Crippen molar-refractivity contribution < 1.29 is 19.7 Å². The number of hydrogen-bond donors (Lipinski definition) is 3. The maximum Gasteiger partial charge on any atom is 0.321 e. The lowest BCUT2D eigenvalue weighted by atomic mass is 10.1. The first-order valence-corrected chi connectivity index (χ1v) is 6.58. The number of nitrogens with two attached hydrogens (primary N) is 1. The number of ether oxygens (including phenoxy) is 1. The number of methoxy groups -OCH3 is 1. The van der Waals surface area contributed by atoms with Crippen molar-refractivity contribution in [2.45, 2.75) is 12.1 Å². The molecule has 0 aliphatic carbocycles. The van der Waals surface area contributed by atoms with Crippen molar-refractivity contribution in [3.8, 4) is 5.75 Å². The van der Waals surface area contributed by atoms with Gasteiger partial charge in [0.05, 0.1) is 13.2 Å². The first-order chi connectivity index (χ1) is 8.54. The van der Waals surface area contributed by atoms with E-state index >= 15 is 0 Å². The molecule has 2 atom stereocenters. The zero-order valence-electron chi connectivity index (χ0n) is 10.1. The fourth-order valence-corrected chi connectivity index (χ4v) is 2.27. The van der Waals surface area contributed by atoms with Gasteiger partial charge < -0.3 is 20.7 Å². The molecular weight excluding hydrogens is 254 g/mol. The minimum atomic E-state index is -1.03. The Labute approximate surface area is 110 Å². The molecule has 6 heteroatoms. The van der Waals surface area contributed by atoms with Crippen molar-refractivity contribution >= 4 is 17.7 Å². The van der Waals surface area contributed by atoms with Gasteiger partial charge in [0.15, 0.2) is 0 Å². The van der Waals surface area contributed by atoms with Crippen LogP contribution in [0.3, 0.4) is 0 Å². The van der Waals surface area contributed by atoms with Crippen LogP contribution in [0.15, 0.2) is 24.3 Å². The highest BCUT2D eigenvalue weighted by Crippen LogP contribution is 2.22. The molecule has 5 nitrogen and oxygen atoms in total. The number of aliphatic carboxylic acids is 1. The Bertz CT molecular complexity index is 399. The van der Waals surface area contributed by atoms with Gasteiger partial charge in [0.1, 0.15) is 11.8 Å². The Balaban J connectivity index is 2.44. The van der Waals surface area contributed by atoms with Crippen molar-refractivity contribution in [3.63, 3.8) is 0 Å². The second-order valence-electron chi connectivity index (χ2n) is 3.77. The third kappa shape index (κ3) is 4.56. The molecule has 0 radical (unpaired) electrons. The minimum Gasteiger partial charge on any atom is -0.497 e. The van der Waals surface area contributed by atoms with Crippen LogP contribution in [-0.2, 0) is 4.79 Å². The van der Waals surface area contributed by atoms with Crippen LogP contribution < -0.4 is 10.5 Å². The van der Waals surface area contributed by atoms with Crippen molar-refractivity contribution in [1.82, 2.24) is 0 Å². The van der Waals surface area contributed by atoms with E-state index in [9.17, 15) is 9.90 Å². The molecule has 0 fully saturated rings. The molecule has 1 aromatic carbocycles. The fourth-order valence-electron chi connectivity index (χ4n) is 1.32. The number of thioether (sulfide) groups is 1. The normalized spacial score (nSPS) is 13.9. The highest BCUT2D eigenvalue weighted by molar-refractivity contribution is 7.99. The molecule has 1 rings (SSSR count). The lowest BCUT2D eigenvalue weighted by Crippen LogP contribution is -2.32. The van der Waals surface area contributed by atoms with Gasteiger partial charge in [0.25, 0.3) is 0 Å². The van der Waals surface area contributed by atoms with E-state index in [-0.39, 0.29) is 5.75 Å². The van der Waals surface area contributed by atoms with Crippen molar-refractivity contribution in [2.24, 2.45) is 5.73 Å². The zero-order chi connectivity index (χ0) is 13.5. The van der Waals surface area contributed by atoms with Crippen molar-refractivity contribution in [3.05, 3.63) is 29.8 Å². The van der Waals surface area contributed by atoms with Gasteiger partial charge in [-0.05, 0) is 17.7 Å². The summed E-state index contributed by atoms with van der Waals surface area (Å²) in [4.78, 5) is 10.5. The fraction of sp³-hybridized carbons (Fsp3) is 0.417. The van der Waals surface area contributed by atoms with Crippen LogP contribution in [0, 0.1) is 0 Å². The zero-order valence-corrected chi connectivity index (χ0v) is 10.9. The summed E-state index contributed by atoms with van der Waals surface area (Å²) in [6.07, 6.45) is -0.661. The smallest absolute Gasteiger partial charge is 0.321 e. The van der Waals surface area contributed by atoms with E-state index in [1.807, 2.05) is 0 Å². The van der Waals surface area contributed by atoms with Crippen LogP contribution in [-0.4, -0.2) is 40.8 Å². The molecule has 0 saturated carbocycles. The van der Waals surface area contributed by atoms with E-state index in [1.54, 1.807) is 31.4 Å². The Morgan fingerprint density at radius 3 is 2.83 bits per heavy atom. The maximum atomic E-state index is 10.5. The first kappa shape index (κ1) is 14.8. The number of aliphatic hydroxyl groups is 1. The lowest BCUT2D eigenvalue weighted by molar-refractivity contribution is -0.137. The second kappa shape index (κ2) is 7.25. The predicted octanol–water partition coefficient (Wildman–Crippen LogP) is 0.874. The second-order valence-corrected chi connectivity index (χ2v) is 4.85. The van der Waals surface area contributed by atoms with Crippen LogP contribution in [0.25, 0.3) is 0 Å². The molecule has 1 aromatic rings. The van der Waals surface area contributed by atoms with Gasteiger partial charge in [-0.25, -0.2) is 0 Å². The summed E-state index contributed by atoms with van der Waals surface area (Å²) in [7, 11) is 1.56. The van der Waals surface area contributed by atoms with Crippen LogP contribution in [0.4, 0.5) is 0 Å². The molecule has 0 aromatic heterocycles. The van der Waals surface area contributed by atoms with Gasteiger partial charge in [0, 0.05) is 11.5 Å². The van der Waals surface area contributed by atoms with Gasteiger partial charge >= 0.3 is 5.97 Å². The van der Waals surface area contributed by atoms with E-state index in [4.69, 9.17) is 15.6 Å². The number of hydrogen-bond acceptors (Lipinski definition) is 5. The first-order valence-electron chi connectivity index (χ1n) is 5.42. The van der Waals surface area contributed by atoms with Gasteiger partial charge in [-0.1, -0.05) is 12.1 Å². The molecule has 0 aliphatic rings. The number of carboxylic acids is 1. The van der Waals surface area contributed by atoms with Crippen molar-refractivity contribution in [2.75, 3.05) is 18.6 Å². The van der Waals surface area contributed by atoms with Crippen LogP contribution in [0.1, 0.15) is 11.7 Å². The number of aliphatic hydroxyl groups excluding tert-OH is 1. The lowest BCUT2D eigenvalue weighted by Gasteiger charge is -2.12. The predicted molar refractivity (Wildman–Crippen MR) is 70.9 cm³/mol. The van der Waals surface area contributed by atoms with Crippen LogP contribution in [0.5, 0.6) is 5.75 Å². The van der Waals surface area contributed by atoms with Crippen LogP contribution >= 0.6 is 11.8 Å². The van der Waals surface area contributed by atoms with E-state index in [2.05, 4.69) is 0 Å². The highest BCUT2D eigenvalue weighted by Gasteiger charge is 2.13. The monoisotopic (exact) mass is 271 g/mol. The molecule has 18 heavy (non-hydrogen) atoms. The minimum absolute atomic E-state index is 0.274. The quantitative estimate of drug-likeness (QED) is 0.681. The van der Waals surface area contributed by atoms with Gasteiger partial charge in [-0.2, -0.15) is 11.8 Å². The molecule has 1 unspecified atom stereocenters. The van der Waals surface area contributed by atoms with Gasteiger partial charge in [-0.3, -0.25) is 4.79 Å². The summed E-state index contributed by atoms with van der Waals surface area (Å²) in [5, 5.41) is 18.5. The molecule has 0 aliphatic heterocycles.